The fourth-order valence-corrected chi connectivity index (χ4v) is 4.14. The van der Waals surface area contributed by atoms with Gasteiger partial charge in [-0.05, 0) is 44.9 Å². The molecule has 2 fully saturated rings. The summed E-state index contributed by atoms with van der Waals surface area (Å²) in [5.74, 6) is 1.62. The monoisotopic (exact) mass is 400 g/mol. The van der Waals surface area contributed by atoms with Crippen molar-refractivity contribution >= 4 is 16.9 Å². The van der Waals surface area contributed by atoms with Crippen LogP contribution in [0.3, 0.4) is 0 Å². The van der Waals surface area contributed by atoms with E-state index >= 15 is 0 Å². The number of hydrogen-bond acceptors (Lipinski definition) is 7. The molecule has 0 bridgehead atoms. The van der Waals surface area contributed by atoms with Crippen LogP contribution in [-0.4, -0.2) is 51.5 Å². The summed E-state index contributed by atoms with van der Waals surface area (Å²) < 4.78 is 11.7. The van der Waals surface area contributed by atoms with Crippen LogP contribution in [0.2, 0.25) is 0 Å². The Hall–Kier alpha value is -1.99. The maximum absolute atomic E-state index is 9.90. The molecule has 2 aliphatic rings. The Morgan fingerprint density at radius 2 is 1.90 bits per heavy atom. The van der Waals surface area contributed by atoms with Crippen molar-refractivity contribution in [2.24, 2.45) is 0 Å². The highest BCUT2D eigenvalue weighted by molar-refractivity contribution is 5.86. The van der Waals surface area contributed by atoms with E-state index in [0.717, 1.165) is 74.6 Å². The molecule has 2 aromatic rings. The zero-order valence-electron chi connectivity index (χ0n) is 17.4. The van der Waals surface area contributed by atoms with Crippen LogP contribution in [0.25, 0.3) is 10.9 Å². The molecule has 3 heterocycles. The normalized spacial score (nSPS) is 24.4. The van der Waals surface area contributed by atoms with Crippen molar-refractivity contribution in [3.63, 3.8) is 0 Å². The molecule has 0 radical (unpaired) electrons. The van der Waals surface area contributed by atoms with Gasteiger partial charge in [-0.25, -0.2) is 15.0 Å². The van der Waals surface area contributed by atoms with Crippen LogP contribution in [0.4, 0.5) is 5.95 Å². The van der Waals surface area contributed by atoms with Gasteiger partial charge in [-0.3, -0.25) is 0 Å². The molecule has 2 aromatic heterocycles. The smallest absolute Gasteiger partial charge is 0.224 e. The number of nitrogens with zero attached hydrogens (tertiary/aromatic N) is 3. The summed E-state index contributed by atoms with van der Waals surface area (Å²) in [6.07, 6.45) is 10.0. The largest absolute Gasteiger partial charge is 0.474 e. The van der Waals surface area contributed by atoms with E-state index in [1.54, 1.807) is 0 Å². The van der Waals surface area contributed by atoms with Gasteiger partial charge in [-0.1, -0.05) is 6.92 Å². The molecule has 0 amide bonds. The second-order valence-corrected chi connectivity index (χ2v) is 8.36. The molecule has 1 unspecified atom stereocenters. The Bertz CT molecular complexity index is 817. The fraction of sp³-hybridized carbons (Fsp3) is 0.682. The first-order valence-corrected chi connectivity index (χ1v) is 11.0. The molecule has 1 atom stereocenters. The number of rotatable bonds is 6. The molecular formula is C22H32N4O3. The summed E-state index contributed by atoms with van der Waals surface area (Å²) in [6, 6.07) is 0.306. The lowest BCUT2D eigenvalue weighted by atomic mass is 9.83. The zero-order chi connectivity index (χ0) is 20.2. The van der Waals surface area contributed by atoms with Gasteiger partial charge in [-0.2, -0.15) is 0 Å². The van der Waals surface area contributed by atoms with Gasteiger partial charge in [-0.15, -0.1) is 0 Å². The van der Waals surface area contributed by atoms with E-state index in [0.29, 0.717) is 23.8 Å². The number of ether oxygens (including phenoxy) is 2. The highest BCUT2D eigenvalue weighted by Crippen LogP contribution is 2.38. The standard InChI is InChI=1S/C22H32N4O3/c1-3-14(2)25-22-24-13-19-20(26-22)18(15-4-6-16(27)7-5-15)12-23-21(19)29-17-8-10-28-11-9-17/h12-17,27H,3-11H2,1-2H3,(H,24,25,26). The zero-order valence-corrected chi connectivity index (χ0v) is 17.4. The molecule has 7 heteroatoms. The number of aliphatic hydroxyl groups is 1. The molecule has 1 aliphatic carbocycles. The number of nitrogens with one attached hydrogen (secondary N) is 1. The molecule has 4 rings (SSSR count). The van der Waals surface area contributed by atoms with E-state index in [2.05, 4.69) is 29.1 Å². The fourth-order valence-electron chi connectivity index (χ4n) is 4.14. The Balaban J connectivity index is 1.69. The van der Waals surface area contributed by atoms with Crippen LogP contribution in [0.5, 0.6) is 5.88 Å². The molecule has 1 aliphatic heterocycles. The maximum atomic E-state index is 9.90. The summed E-state index contributed by atoms with van der Waals surface area (Å²) in [5.41, 5.74) is 2.06. The molecule has 1 saturated heterocycles. The number of anilines is 1. The van der Waals surface area contributed by atoms with E-state index in [1.807, 2.05) is 12.4 Å². The molecular weight excluding hydrogens is 368 g/mol. The first kappa shape index (κ1) is 20.3. The SMILES string of the molecule is CCC(C)Nc1ncc2c(OC3CCOCC3)ncc(C3CCC(O)CC3)c2n1. The lowest BCUT2D eigenvalue weighted by molar-refractivity contribution is 0.0244. The Morgan fingerprint density at radius 1 is 1.14 bits per heavy atom. The van der Waals surface area contributed by atoms with E-state index in [1.165, 1.54) is 0 Å². The highest BCUT2D eigenvalue weighted by atomic mass is 16.5. The molecule has 158 valence electrons. The number of pyridine rings is 1. The molecule has 2 N–H and O–H groups in total. The topological polar surface area (TPSA) is 89.4 Å². The third-order valence-corrected chi connectivity index (χ3v) is 6.18. The molecule has 1 saturated carbocycles. The van der Waals surface area contributed by atoms with Crippen molar-refractivity contribution in [1.82, 2.24) is 15.0 Å². The van der Waals surface area contributed by atoms with E-state index < -0.39 is 0 Å². The van der Waals surface area contributed by atoms with E-state index in [-0.39, 0.29) is 12.2 Å². The molecule has 7 nitrogen and oxygen atoms in total. The van der Waals surface area contributed by atoms with E-state index in [4.69, 9.17) is 14.5 Å². The van der Waals surface area contributed by atoms with Crippen molar-refractivity contribution in [3.8, 4) is 5.88 Å². The summed E-state index contributed by atoms with van der Waals surface area (Å²) in [7, 11) is 0. The lowest BCUT2D eigenvalue weighted by Crippen LogP contribution is -2.26. The van der Waals surface area contributed by atoms with Gasteiger partial charge < -0.3 is 19.9 Å². The second-order valence-electron chi connectivity index (χ2n) is 8.36. The predicted molar refractivity (Wildman–Crippen MR) is 112 cm³/mol. The van der Waals surface area contributed by atoms with Gasteiger partial charge in [0.05, 0.1) is 30.2 Å². The summed E-state index contributed by atoms with van der Waals surface area (Å²) in [4.78, 5) is 14.1. The van der Waals surface area contributed by atoms with Gasteiger partial charge >= 0.3 is 0 Å². The number of aromatic nitrogens is 3. The Labute approximate surface area is 172 Å². The van der Waals surface area contributed by atoms with Crippen molar-refractivity contribution in [2.45, 2.75) is 83.0 Å². The minimum absolute atomic E-state index is 0.119. The van der Waals surface area contributed by atoms with Gasteiger partial charge in [0.25, 0.3) is 0 Å². The lowest BCUT2D eigenvalue weighted by Gasteiger charge is -2.27. The van der Waals surface area contributed by atoms with Crippen LogP contribution in [0, 0.1) is 0 Å². The number of aliphatic hydroxyl groups excluding tert-OH is 1. The first-order valence-electron chi connectivity index (χ1n) is 11.0. The minimum Gasteiger partial charge on any atom is -0.474 e. The summed E-state index contributed by atoms with van der Waals surface area (Å²) in [5, 5.41) is 14.2. The Morgan fingerprint density at radius 3 is 2.62 bits per heavy atom. The highest BCUT2D eigenvalue weighted by Gasteiger charge is 2.25. The maximum Gasteiger partial charge on any atom is 0.224 e. The molecule has 29 heavy (non-hydrogen) atoms. The first-order chi connectivity index (χ1) is 14.1. The van der Waals surface area contributed by atoms with Crippen molar-refractivity contribution in [3.05, 3.63) is 18.0 Å². The van der Waals surface area contributed by atoms with Crippen LogP contribution >= 0.6 is 0 Å². The third-order valence-electron chi connectivity index (χ3n) is 6.18. The van der Waals surface area contributed by atoms with Crippen molar-refractivity contribution in [2.75, 3.05) is 18.5 Å². The van der Waals surface area contributed by atoms with Crippen molar-refractivity contribution < 1.29 is 14.6 Å². The van der Waals surface area contributed by atoms with Gasteiger partial charge in [0.1, 0.15) is 6.10 Å². The minimum atomic E-state index is -0.182. The van der Waals surface area contributed by atoms with Crippen LogP contribution in [0.15, 0.2) is 12.4 Å². The predicted octanol–water partition coefficient (Wildman–Crippen LogP) is 3.81. The molecule has 0 spiro atoms. The quantitative estimate of drug-likeness (QED) is 0.762. The van der Waals surface area contributed by atoms with Crippen molar-refractivity contribution in [1.29, 1.82) is 0 Å². The average Bonchev–Trinajstić information content (AvgIpc) is 2.75. The third kappa shape index (κ3) is 4.78. The number of hydrogen-bond donors (Lipinski definition) is 2. The molecule has 0 aromatic carbocycles. The summed E-state index contributed by atoms with van der Waals surface area (Å²) in [6.45, 7) is 5.72. The number of fused-ring (bicyclic) bond motifs is 1. The van der Waals surface area contributed by atoms with Gasteiger partial charge in [0, 0.05) is 36.8 Å². The van der Waals surface area contributed by atoms with Gasteiger partial charge in [0.2, 0.25) is 11.8 Å². The van der Waals surface area contributed by atoms with Gasteiger partial charge in [0.15, 0.2) is 0 Å². The second kappa shape index (κ2) is 9.22. The Kier molecular flexibility index (Phi) is 6.45. The average molecular weight is 401 g/mol. The van der Waals surface area contributed by atoms with Crippen LogP contribution in [-0.2, 0) is 4.74 Å². The van der Waals surface area contributed by atoms with E-state index in [9.17, 15) is 5.11 Å². The summed E-state index contributed by atoms with van der Waals surface area (Å²) >= 11 is 0. The van der Waals surface area contributed by atoms with Crippen LogP contribution < -0.4 is 10.1 Å². The van der Waals surface area contributed by atoms with Crippen LogP contribution in [0.1, 0.15) is 70.3 Å².